The first-order valence-electron chi connectivity index (χ1n) is 5.79. The third-order valence-electron chi connectivity index (χ3n) is 2.62. The normalized spacial score (nSPS) is 9.80. The Morgan fingerprint density at radius 3 is 2.65 bits per heavy atom. The van der Waals surface area contributed by atoms with E-state index in [1.165, 1.54) is 12.1 Å². The summed E-state index contributed by atoms with van der Waals surface area (Å²) in [4.78, 5) is 15.9. The molecule has 5 nitrogen and oxygen atoms in total. The zero-order valence-corrected chi connectivity index (χ0v) is 11.2. The van der Waals surface area contributed by atoms with Crippen LogP contribution in [0, 0.1) is 11.3 Å². The van der Waals surface area contributed by atoms with Gasteiger partial charge in [-0.25, -0.2) is 4.98 Å². The molecule has 0 bridgehead atoms. The molecule has 2 aromatic rings. The number of benzene rings is 1. The summed E-state index contributed by atoms with van der Waals surface area (Å²) in [5.74, 6) is -0.162. The number of hydrogen-bond acceptors (Lipinski definition) is 4. The van der Waals surface area contributed by atoms with Crippen LogP contribution in [0.1, 0.15) is 21.6 Å². The molecule has 1 aromatic carbocycles. The van der Waals surface area contributed by atoms with Crippen molar-refractivity contribution in [2.24, 2.45) is 0 Å². The Kier molecular flexibility index (Phi) is 4.18. The molecule has 0 radical (unpaired) electrons. The third kappa shape index (κ3) is 3.25. The lowest BCUT2D eigenvalue weighted by Gasteiger charge is -2.07. The SMILES string of the molecule is N#Cc1ccc(CNC(=O)c2nc(N)ccc2Cl)cc1. The molecule has 0 atom stereocenters. The molecule has 2 rings (SSSR count). The second-order valence-corrected chi connectivity index (χ2v) is 4.47. The molecule has 1 aromatic heterocycles. The lowest BCUT2D eigenvalue weighted by Crippen LogP contribution is -2.24. The van der Waals surface area contributed by atoms with E-state index in [9.17, 15) is 4.79 Å². The Labute approximate surface area is 121 Å². The van der Waals surface area contributed by atoms with Crippen molar-refractivity contribution in [3.63, 3.8) is 0 Å². The zero-order chi connectivity index (χ0) is 14.5. The minimum atomic E-state index is -0.397. The lowest BCUT2D eigenvalue weighted by atomic mass is 10.1. The highest BCUT2D eigenvalue weighted by Crippen LogP contribution is 2.15. The number of pyridine rings is 1. The number of nitriles is 1. The van der Waals surface area contributed by atoms with Crippen molar-refractivity contribution in [2.45, 2.75) is 6.54 Å². The maximum absolute atomic E-state index is 11.9. The standard InChI is InChI=1S/C14H11ClN4O/c15-11-5-6-12(17)19-13(11)14(20)18-8-10-3-1-9(7-16)2-4-10/h1-6H,8H2,(H2,17,19)(H,18,20). The van der Waals surface area contributed by atoms with Crippen LogP contribution in [0.4, 0.5) is 5.82 Å². The smallest absolute Gasteiger partial charge is 0.271 e. The highest BCUT2D eigenvalue weighted by Gasteiger charge is 2.12. The van der Waals surface area contributed by atoms with Gasteiger partial charge in [-0.1, -0.05) is 23.7 Å². The molecule has 3 N–H and O–H groups in total. The number of carbonyl (C=O) groups excluding carboxylic acids is 1. The largest absolute Gasteiger partial charge is 0.384 e. The molecule has 0 saturated heterocycles. The van der Waals surface area contributed by atoms with Crippen LogP contribution in [0.25, 0.3) is 0 Å². The number of nitrogen functional groups attached to an aromatic ring is 1. The molecule has 100 valence electrons. The fourth-order valence-corrected chi connectivity index (χ4v) is 1.77. The molecule has 1 heterocycles. The highest BCUT2D eigenvalue weighted by molar-refractivity contribution is 6.33. The molecule has 1 amide bonds. The van der Waals surface area contributed by atoms with Crippen LogP contribution in [-0.2, 0) is 6.54 Å². The molecule has 0 aliphatic heterocycles. The van der Waals surface area contributed by atoms with Crippen LogP contribution < -0.4 is 11.1 Å². The molecular formula is C14H11ClN4O. The van der Waals surface area contributed by atoms with E-state index in [0.717, 1.165) is 5.56 Å². The summed E-state index contributed by atoms with van der Waals surface area (Å²) in [6.07, 6.45) is 0. The van der Waals surface area contributed by atoms with Crippen LogP contribution in [0.2, 0.25) is 5.02 Å². The predicted octanol–water partition coefficient (Wildman–Crippen LogP) is 2.12. The first kappa shape index (κ1) is 13.8. The van der Waals surface area contributed by atoms with E-state index in [4.69, 9.17) is 22.6 Å². The Bertz CT molecular complexity index is 677. The van der Waals surface area contributed by atoms with Gasteiger partial charge >= 0.3 is 0 Å². The number of nitrogens with zero attached hydrogens (tertiary/aromatic N) is 2. The highest BCUT2D eigenvalue weighted by atomic mass is 35.5. The van der Waals surface area contributed by atoms with E-state index in [0.29, 0.717) is 12.1 Å². The van der Waals surface area contributed by atoms with Gasteiger partial charge < -0.3 is 11.1 Å². The van der Waals surface area contributed by atoms with Crippen LogP contribution in [0.5, 0.6) is 0 Å². The molecule has 0 aliphatic rings. The van der Waals surface area contributed by atoms with E-state index in [1.54, 1.807) is 24.3 Å². The van der Waals surface area contributed by atoms with Crippen molar-refractivity contribution in [2.75, 3.05) is 5.73 Å². The molecule has 0 unspecified atom stereocenters. The molecular weight excluding hydrogens is 276 g/mol. The number of anilines is 1. The Balaban J connectivity index is 2.04. The van der Waals surface area contributed by atoms with Gasteiger partial charge in [0.2, 0.25) is 0 Å². The van der Waals surface area contributed by atoms with Crippen LogP contribution in [0.3, 0.4) is 0 Å². The third-order valence-corrected chi connectivity index (χ3v) is 2.92. The number of halogens is 1. The lowest BCUT2D eigenvalue weighted by molar-refractivity contribution is 0.0946. The Morgan fingerprint density at radius 2 is 2.00 bits per heavy atom. The predicted molar refractivity (Wildman–Crippen MR) is 76.0 cm³/mol. The minimum absolute atomic E-state index is 0.0975. The van der Waals surface area contributed by atoms with Gasteiger partial charge in [0, 0.05) is 6.54 Å². The first-order valence-corrected chi connectivity index (χ1v) is 6.17. The topological polar surface area (TPSA) is 91.8 Å². The number of hydrogen-bond donors (Lipinski definition) is 2. The van der Waals surface area contributed by atoms with Gasteiger partial charge in [0.15, 0.2) is 0 Å². The minimum Gasteiger partial charge on any atom is -0.384 e. The maximum Gasteiger partial charge on any atom is 0.271 e. The van der Waals surface area contributed by atoms with Gasteiger partial charge in [-0.05, 0) is 29.8 Å². The van der Waals surface area contributed by atoms with Gasteiger partial charge in [0.05, 0.1) is 16.7 Å². The Morgan fingerprint density at radius 1 is 1.30 bits per heavy atom. The van der Waals surface area contributed by atoms with Crippen molar-refractivity contribution < 1.29 is 4.79 Å². The average molecular weight is 287 g/mol. The van der Waals surface area contributed by atoms with E-state index in [1.807, 2.05) is 6.07 Å². The molecule has 0 spiro atoms. The summed E-state index contributed by atoms with van der Waals surface area (Å²) >= 11 is 5.90. The van der Waals surface area contributed by atoms with Gasteiger partial charge in [-0.15, -0.1) is 0 Å². The quantitative estimate of drug-likeness (QED) is 0.904. The average Bonchev–Trinajstić information content (AvgIpc) is 2.47. The number of rotatable bonds is 3. The molecule has 0 aliphatic carbocycles. The summed E-state index contributed by atoms with van der Waals surface area (Å²) in [7, 11) is 0. The second-order valence-electron chi connectivity index (χ2n) is 4.06. The summed E-state index contributed by atoms with van der Waals surface area (Å²) in [6, 6.07) is 12.0. The fourth-order valence-electron chi connectivity index (χ4n) is 1.58. The van der Waals surface area contributed by atoms with E-state index in [-0.39, 0.29) is 16.5 Å². The van der Waals surface area contributed by atoms with E-state index in [2.05, 4.69) is 10.3 Å². The second kappa shape index (κ2) is 6.04. The van der Waals surface area contributed by atoms with Crippen LogP contribution in [0.15, 0.2) is 36.4 Å². The van der Waals surface area contributed by atoms with Gasteiger partial charge in [-0.2, -0.15) is 5.26 Å². The number of nitrogens with two attached hydrogens (primary N) is 1. The summed E-state index contributed by atoms with van der Waals surface area (Å²) in [5, 5.41) is 11.6. The monoisotopic (exact) mass is 286 g/mol. The number of nitrogens with one attached hydrogen (secondary N) is 1. The zero-order valence-electron chi connectivity index (χ0n) is 10.4. The summed E-state index contributed by atoms with van der Waals surface area (Å²) in [6.45, 7) is 0.317. The van der Waals surface area contributed by atoms with Crippen molar-refractivity contribution in [3.8, 4) is 6.07 Å². The summed E-state index contributed by atoms with van der Waals surface area (Å²) in [5.41, 5.74) is 7.06. The summed E-state index contributed by atoms with van der Waals surface area (Å²) < 4.78 is 0. The van der Waals surface area contributed by atoms with Crippen molar-refractivity contribution in [1.82, 2.24) is 10.3 Å². The molecule has 6 heteroatoms. The van der Waals surface area contributed by atoms with Crippen molar-refractivity contribution in [1.29, 1.82) is 5.26 Å². The van der Waals surface area contributed by atoms with E-state index < -0.39 is 5.91 Å². The number of carbonyl (C=O) groups is 1. The van der Waals surface area contributed by atoms with Crippen LogP contribution >= 0.6 is 11.6 Å². The molecule has 20 heavy (non-hydrogen) atoms. The van der Waals surface area contributed by atoms with Gasteiger partial charge in [0.25, 0.3) is 5.91 Å². The number of aromatic nitrogens is 1. The van der Waals surface area contributed by atoms with Crippen LogP contribution in [-0.4, -0.2) is 10.9 Å². The Hall–Kier alpha value is -2.58. The fraction of sp³-hybridized carbons (Fsp3) is 0.0714. The molecule has 0 saturated carbocycles. The maximum atomic E-state index is 11.9. The van der Waals surface area contributed by atoms with Gasteiger partial charge in [-0.3, -0.25) is 4.79 Å². The van der Waals surface area contributed by atoms with E-state index >= 15 is 0 Å². The van der Waals surface area contributed by atoms with Crippen molar-refractivity contribution in [3.05, 3.63) is 58.2 Å². The number of amides is 1. The van der Waals surface area contributed by atoms with Gasteiger partial charge in [0.1, 0.15) is 11.5 Å². The molecule has 0 fully saturated rings. The first-order chi connectivity index (χ1) is 9.60. The van der Waals surface area contributed by atoms with Crippen molar-refractivity contribution >= 4 is 23.3 Å².